The first kappa shape index (κ1) is 16.3. The Kier molecular flexibility index (Phi) is 7.55. The molecule has 1 amide bonds. The molecule has 0 spiro atoms. The summed E-state index contributed by atoms with van der Waals surface area (Å²) in [5.74, 6) is 0.421. The Bertz CT molecular complexity index is 384. The van der Waals surface area contributed by atoms with Gasteiger partial charge in [-0.05, 0) is 37.1 Å². The molecule has 0 heterocycles. The Morgan fingerprint density at radius 1 is 1.20 bits per heavy atom. The topological polar surface area (TPSA) is 64.3 Å². The molecule has 0 aromatic heterocycles. The van der Waals surface area contributed by atoms with Crippen molar-refractivity contribution < 1.29 is 9.53 Å². The summed E-state index contributed by atoms with van der Waals surface area (Å²) in [5, 5.41) is 3.55. The lowest BCUT2D eigenvalue weighted by Crippen LogP contribution is -2.18. The van der Waals surface area contributed by atoms with Crippen LogP contribution in [-0.2, 0) is 4.79 Å². The van der Waals surface area contributed by atoms with Crippen LogP contribution in [0.25, 0.3) is 0 Å². The SMILES string of the molecule is CCCC(CCC)Nc1ccc(OCCC(N)=O)cc1. The van der Waals surface area contributed by atoms with E-state index in [4.69, 9.17) is 10.5 Å². The monoisotopic (exact) mass is 278 g/mol. The third kappa shape index (κ3) is 6.45. The van der Waals surface area contributed by atoms with Gasteiger partial charge in [0.15, 0.2) is 0 Å². The smallest absolute Gasteiger partial charge is 0.220 e. The van der Waals surface area contributed by atoms with Crippen molar-refractivity contribution >= 4 is 11.6 Å². The van der Waals surface area contributed by atoms with E-state index in [0.717, 1.165) is 11.4 Å². The number of nitrogens with two attached hydrogens (primary N) is 1. The zero-order valence-electron chi connectivity index (χ0n) is 12.5. The van der Waals surface area contributed by atoms with E-state index in [1.807, 2.05) is 24.3 Å². The zero-order valence-corrected chi connectivity index (χ0v) is 12.5. The van der Waals surface area contributed by atoms with Crippen LogP contribution in [0.1, 0.15) is 46.0 Å². The van der Waals surface area contributed by atoms with Gasteiger partial charge >= 0.3 is 0 Å². The lowest BCUT2D eigenvalue weighted by molar-refractivity contribution is -0.118. The van der Waals surface area contributed by atoms with Crippen molar-refractivity contribution in [3.8, 4) is 5.75 Å². The highest BCUT2D eigenvalue weighted by Gasteiger charge is 2.06. The quantitative estimate of drug-likeness (QED) is 0.690. The second kappa shape index (κ2) is 9.23. The summed E-state index contributed by atoms with van der Waals surface area (Å²) in [6.07, 6.45) is 4.99. The van der Waals surface area contributed by atoms with Crippen LogP contribution in [0.2, 0.25) is 0 Å². The summed E-state index contributed by atoms with van der Waals surface area (Å²) in [6, 6.07) is 8.39. The zero-order chi connectivity index (χ0) is 14.8. The fourth-order valence-electron chi connectivity index (χ4n) is 2.14. The van der Waals surface area contributed by atoms with Crippen LogP contribution in [0.3, 0.4) is 0 Å². The number of amides is 1. The van der Waals surface area contributed by atoms with Crippen molar-refractivity contribution in [1.29, 1.82) is 0 Å². The molecule has 1 rings (SSSR count). The molecule has 1 aromatic rings. The minimum absolute atomic E-state index is 0.245. The van der Waals surface area contributed by atoms with E-state index in [2.05, 4.69) is 19.2 Å². The van der Waals surface area contributed by atoms with Crippen LogP contribution in [0.4, 0.5) is 5.69 Å². The van der Waals surface area contributed by atoms with Gasteiger partial charge in [-0.25, -0.2) is 0 Å². The molecule has 3 N–H and O–H groups in total. The van der Waals surface area contributed by atoms with E-state index in [1.165, 1.54) is 25.7 Å². The predicted octanol–water partition coefficient (Wildman–Crippen LogP) is 3.32. The fourth-order valence-corrected chi connectivity index (χ4v) is 2.14. The number of carbonyl (C=O) groups excluding carboxylic acids is 1. The van der Waals surface area contributed by atoms with Crippen molar-refractivity contribution in [2.75, 3.05) is 11.9 Å². The summed E-state index contributed by atoms with van der Waals surface area (Å²) in [5.41, 5.74) is 6.17. The fraction of sp³-hybridized carbons (Fsp3) is 0.562. The number of hydrogen-bond acceptors (Lipinski definition) is 3. The van der Waals surface area contributed by atoms with E-state index in [9.17, 15) is 4.79 Å². The Labute approximate surface area is 121 Å². The van der Waals surface area contributed by atoms with Gasteiger partial charge < -0.3 is 15.8 Å². The van der Waals surface area contributed by atoms with E-state index in [0.29, 0.717) is 12.6 Å². The molecule has 0 unspecified atom stereocenters. The largest absolute Gasteiger partial charge is 0.493 e. The second-order valence-electron chi connectivity index (χ2n) is 5.01. The van der Waals surface area contributed by atoms with Crippen LogP contribution in [0, 0.1) is 0 Å². The van der Waals surface area contributed by atoms with Gasteiger partial charge in [-0.2, -0.15) is 0 Å². The van der Waals surface area contributed by atoms with Gasteiger partial charge in [0.05, 0.1) is 13.0 Å². The number of carbonyl (C=O) groups is 1. The summed E-state index contributed by atoms with van der Waals surface area (Å²) in [4.78, 5) is 10.6. The third-order valence-electron chi connectivity index (χ3n) is 3.12. The van der Waals surface area contributed by atoms with Crippen LogP contribution in [0.5, 0.6) is 5.75 Å². The number of nitrogens with one attached hydrogen (secondary N) is 1. The molecular formula is C16H26N2O2. The van der Waals surface area contributed by atoms with Crippen LogP contribution >= 0.6 is 0 Å². The molecule has 0 aliphatic rings. The van der Waals surface area contributed by atoms with Crippen LogP contribution < -0.4 is 15.8 Å². The number of primary amides is 1. The van der Waals surface area contributed by atoms with Crippen molar-refractivity contribution in [3.63, 3.8) is 0 Å². The third-order valence-corrected chi connectivity index (χ3v) is 3.12. The highest BCUT2D eigenvalue weighted by Crippen LogP contribution is 2.18. The van der Waals surface area contributed by atoms with E-state index < -0.39 is 0 Å². The standard InChI is InChI=1S/C16H26N2O2/c1-3-5-13(6-4-2)18-14-7-9-15(10-8-14)20-12-11-16(17)19/h7-10,13,18H,3-6,11-12H2,1-2H3,(H2,17,19). The summed E-state index contributed by atoms with van der Waals surface area (Å²) >= 11 is 0. The Morgan fingerprint density at radius 3 is 2.30 bits per heavy atom. The Hall–Kier alpha value is -1.71. The molecular weight excluding hydrogens is 252 g/mol. The van der Waals surface area contributed by atoms with E-state index in [-0.39, 0.29) is 12.3 Å². The summed E-state index contributed by atoms with van der Waals surface area (Å²) in [6.45, 7) is 4.75. The average molecular weight is 278 g/mol. The summed E-state index contributed by atoms with van der Waals surface area (Å²) in [7, 11) is 0. The highest BCUT2D eigenvalue weighted by atomic mass is 16.5. The normalized spacial score (nSPS) is 10.6. The number of ether oxygens (including phenoxy) is 1. The molecule has 0 saturated carbocycles. The number of hydrogen-bond donors (Lipinski definition) is 2. The first-order valence-electron chi connectivity index (χ1n) is 7.43. The van der Waals surface area contributed by atoms with E-state index >= 15 is 0 Å². The van der Waals surface area contributed by atoms with Crippen molar-refractivity contribution in [2.24, 2.45) is 5.73 Å². The minimum Gasteiger partial charge on any atom is -0.493 e. The Balaban J connectivity index is 2.46. The lowest BCUT2D eigenvalue weighted by Gasteiger charge is -2.19. The molecule has 0 saturated heterocycles. The van der Waals surface area contributed by atoms with Gasteiger partial charge in [0, 0.05) is 11.7 Å². The van der Waals surface area contributed by atoms with Gasteiger partial charge in [0.2, 0.25) is 5.91 Å². The van der Waals surface area contributed by atoms with Crippen molar-refractivity contribution in [1.82, 2.24) is 0 Å². The lowest BCUT2D eigenvalue weighted by atomic mass is 10.1. The first-order chi connectivity index (χ1) is 9.65. The molecule has 112 valence electrons. The minimum atomic E-state index is -0.342. The molecule has 1 aromatic carbocycles. The molecule has 0 bridgehead atoms. The molecule has 0 aliphatic heterocycles. The number of benzene rings is 1. The molecule has 0 atom stereocenters. The maximum atomic E-state index is 10.6. The molecule has 0 aliphatic carbocycles. The second-order valence-corrected chi connectivity index (χ2v) is 5.01. The van der Waals surface area contributed by atoms with Gasteiger partial charge in [-0.1, -0.05) is 26.7 Å². The molecule has 0 fully saturated rings. The Morgan fingerprint density at radius 2 is 1.80 bits per heavy atom. The van der Waals surface area contributed by atoms with E-state index in [1.54, 1.807) is 0 Å². The maximum absolute atomic E-state index is 10.6. The van der Waals surface area contributed by atoms with Crippen LogP contribution in [-0.4, -0.2) is 18.6 Å². The van der Waals surface area contributed by atoms with Gasteiger partial charge in [-0.15, -0.1) is 0 Å². The number of anilines is 1. The maximum Gasteiger partial charge on any atom is 0.220 e. The highest BCUT2D eigenvalue weighted by molar-refractivity contribution is 5.73. The van der Waals surface area contributed by atoms with Crippen molar-refractivity contribution in [2.45, 2.75) is 52.0 Å². The first-order valence-corrected chi connectivity index (χ1v) is 7.43. The van der Waals surface area contributed by atoms with Gasteiger partial charge in [0.25, 0.3) is 0 Å². The van der Waals surface area contributed by atoms with Gasteiger partial charge in [-0.3, -0.25) is 4.79 Å². The molecule has 20 heavy (non-hydrogen) atoms. The van der Waals surface area contributed by atoms with Gasteiger partial charge in [0.1, 0.15) is 5.75 Å². The predicted molar refractivity (Wildman–Crippen MR) is 83.0 cm³/mol. The molecule has 0 radical (unpaired) electrons. The average Bonchev–Trinajstić information content (AvgIpc) is 2.41. The summed E-state index contributed by atoms with van der Waals surface area (Å²) < 4.78 is 5.44. The molecule has 4 heteroatoms. The van der Waals surface area contributed by atoms with Crippen LogP contribution in [0.15, 0.2) is 24.3 Å². The molecule has 4 nitrogen and oxygen atoms in total. The van der Waals surface area contributed by atoms with Crippen molar-refractivity contribution in [3.05, 3.63) is 24.3 Å². The number of rotatable bonds is 10.